The van der Waals surface area contributed by atoms with Crippen molar-refractivity contribution in [2.24, 2.45) is 5.92 Å². The van der Waals surface area contributed by atoms with Crippen molar-refractivity contribution in [2.75, 3.05) is 13.1 Å². The summed E-state index contributed by atoms with van der Waals surface area (Å²) in [5.74, 6) is -0.0908. The second-order valence-electron chi connectivity index (χ2n) is 5.09. The van der Waals surface area contributed by atoms with E-state index in [1.54, 1.807) is 4.90 Å². The minimum atomic E-state index is -0.136. The van der Waals surface area contributed by atoms with E-state index in [4.69, 9.17) is 11.6 Å². The van der Waals surface area contributed by atoms with Crippen LogP contribution in [0.1, 0.15) is 36.5 Å². The minimum absolute atomic E-state index is 0.0156. The van der Waals surface area contributed by atoms with E-state index in [2.05, 4.69) is 15.5 Å². The van der Waals surface area contributed by atoms with Crippen LogP contribution in [0.3, 0.4) is 0 Å². The van der Waals surface area contributed by atoms with Crippen LogP contribution in [0.5, 0.6) is 0 Å². The summed E-state index contributed by atoms with van der Waals surface area (Å²) >= 11 is 6.77. The summed E-state index contributed by atoms with van der Waals surface area (Å²) in [6.45, 7) is 4.96. The molecular weight excluding hydrogens is 300 g/mol. The number of aromatic nitrogens is 2. The standard InChI is InChI=1S/C12H17ClN4O2S/c1-7(2)9(18)14-8-3-5-17(6-4-8)11(19)10-15-16-12(13)20-10/h7-8H,3-6H2,1-2H3,(H,14,18). The molecule has 1 aromatic heterocycles. The Hall–Kier alpha value is -1.21. The van der Waals surface area contributed by atoms with Crippen molar-refractivity contribution >= 4 is 34.8 Å². The third-order valence-corrected chi connectivity index (χ3v) is 4.24. The highest BCUT2D eigenvalue weighted by molar-refractivity contribution is 7.17. The molecule has 8 heteroatoms. The van der Waals surface area contributed by atoms with E-state index in [9.17, 15) is 9.59 Å². The van der Waals surface area contributed by atoms with Gasteiger partial charge in [-0.3, -0.25) is 9.59 Å². The highest BCUT2D eigenvalue weighted by atomic mass is 35.5. The van der Waals surface area contributed by atoms with Crippen LogP contribution in [0.15, 0.2) is 0 Å². The van der Waals surface area contributed by atoms with Gasteiger partial charge in [-0.2, -0.15) is 0 Å². The fourth-order valence-electron chi connectivity index (χ4n) is 2.02. The lowest BCUT2D eigenvalue weighted by atomic mass is 10.0. The molecule has 0 unspecified atom stereocenters. The van der Waals surface area contributed by atoms with Crippen LogP contribution in [0, 0.1) is 5.92 Å². The lowest BCUT2D eigenvalue weighted by Gasteiger charge is -2.32. The van der Waals surface area contributed by atoms with Crippen LogP contribution in [-0.4, -0.2) is 46.0 Å². The van der Waals surface area contributed by atoms with E-state index >= 15 is 0 Å². The Morgan fingerprint density at radius 3 is 2.50 bits per heavy atom. The summed E-state index contributed by atoms with van der Waals surface area (Å²) in [6, 6.07) is 0.145. The molecule has 2 rings (SSSR count). The van der Waals surface area contributed by atoms with Gasteiger partial charge in [0.05, 0.1) is 0 Å². The Morgan fingerprint density at radius 2 is 2.00 bits per heavy atom. The number of nitrogens with one attached hydrogen (secondary N) is 1. The van der Waals surface area contributed by atoms with Crippen molar-refractivity contribution in [3.05, 3.63) is 9.47 Å². The molecule has 20 heavy (non-hydrogen) atoms. The Morgan fingerprint density at radius 1 is 1.35 bits per heavy atom. The number of likely N-dealkylation sites (tertiary alicyclic amines) is 1. The Kier molecular flexibility index (Phi) is 4.93. The van der Waals surface area contributed by atoms with Gasteiger partial charge in [-0.15, -0.1) is 10.2 Å². The molecule has 1 N–H and O–H groups in total. The quantitative estimate of drug-likeness (QED) is 0.918. The molecule has 110 valence electrons. The first-order valence-corrected chi connectivity index (χ1v) is 7.75. The molecule has 2 amide bonds. The summed E-state index contributed by atoms with van der Waals surface area (Å²) in [7, 11) is 0. The first-order valence-electron chi connectivity index (χ1n) is 6.56. The molecule has 0 aromatic carbocycles. The molecule has 2 heterocycles. The van der Waals surface area contributed by atoms with Gasteiger partial charge >= 0.3 is 0 Å². The zero-order valence-electron chi connectivity index (χ0n) is 11.4. The Labute approximate surface area is 126 Å². The molecule has 6 nitrogen and oxygen atoms in total. The average Bonchev–Trinajstić information content (AvgIpc) is 2.85. The molecule has 0 radical (unpaired) electrons. The van der Waals surface area contributed by atoms with Crippen molar-refractivity contribution in [3.63, 3.8) is 0 Å². The van der Waals surface area contributed by atoms with E-state index in [-0.39, 0.29) is 28.2 Å². The summed E-state index contributed by atoms with van der Waals surface area (Å²) in [5.41, 5.74) is 0. The SMILES string of the molecule is CC(C)C(=O)NC1CCN(C(=O)c2nnc(Cl)s2)CC1. The van der Waals surface area contributed by atoms with Gasteiger partial charge < -0.3 is 10.2 Å². The number of rotatable bonds is 3. The van der Waals surface area contributed by atoms with Crippen LogP contribution in [0.4, 0.5) is 0 Å². The molecule has 1 aliphatic heterocycles. The van der Waals surface area contributed by atoms with E-state index in [1.807, 2.05) is 13.8 Å². The number of nitrogens with zero attached hydrogens (tertiary/aromatic N) is 3. The van der Waals surface area contributed by atoms with E-state index in [0.717, 1.165) is 24.2 Å². The van der Waals surface area contributed by atoms with Gasteiger partial charge in [-0.1, -0.05) is 25.2 Å². The van der Waals surface area contributed by atoms with Crippen molar-refractivity contribution in [2.45, 2.75) is 32.7 Å². The van der Waals surface area contributed by atoms with Crippen molar-refractivity contribution in [3.8, 4) is 0 Å². The molecular formula is C12H17ClN4O2S. The third-order valence-electron chi connectivity index (χ3n) is 3.24. The average molecular weight is 317 g/mol. The number of carbonyl (C=O) groups excluding carboxylic acids is 2. The zero-order valence-corrected chi connectivity index (χ0v) is 13.0. The fraction of sp³-hybridized carbons (Fsp3) is 0.667. The van der Waals surface area contributed by atoms with Crippen molar-refractivity contribution in [1.82, 2.24) is 20.4 Å². The summed E-state index contributed by atoms with van der Waals surface area (Å²) in [4.78, 5) is 25.5. The molecule has 1 aliphatic rings. The molecule has 0 bridgehead atoms. The van der Waals surface area contributed by atoms with Crippen LogP contribution in [0.25, 0.3) is 0 Å². The largest absolute Gasteiger partial charge is 0.353 e. The molecule has 0 aliphatic carbocycles. The zero-order chi connectivity index (χ0) is 14.7. The Bertz CT molecular complexity index is 497. The van der Waals surface area contributed by atoms with Gasteiger partial charge in [0.25, 0.3) is 5.91 Å². The number of hydrogen-bond donors (Lipinski definition) is 1. The normalized spacial score (nSPS) is 16.5. The number of halogens is 1. The Balaban J connectivity index is 1.85. The monoisotopic (exact) mass is 316 g/mol. The number of carbonyl (C=O) groups is 2. The summed E-state index contributed by atoms with van der Waals surface area (Å²) < 4.78 is 0.271. The van der Waals surface area contributed by atoms with E-state index in [0.29, 0.717) is 18.1 Å². The van der Waals surface area contributed by atoms with Crippen molar-refractivity contribution < 1.29 is 9.59 Å². The van der Waals surface area contributed by atoms with Gasteiger partial charge in [0.15, 0.2) is 0 Å². The molecule has 1 saturated heterocycles. The fourth-order valence-corrected chi connectivity index (χ4v) is 2.82. The van der Waals surface area contributed by atoms with Crippen LogP contribution in [0.2, 0.25) is 4.47 Å². The predicted molar refractivity (Wildman–Crippen MR) is 76.8 cm³/mol. The lowest BCUT2D eigenvalue weighted by molar-refractivity contribution is -0.124. The van der Waals surface area contributed by atoms with Gasteiger partial charge in [0, 0.05) is 25.0 Å². The number of amides is 2. The topological polar surface area (TPSA) is 75.2 Å². The molecule has 1 aromatic rings. The maximum absolute atomic E-state index is 12.1. The van der Waals surface area contributed by atoms with Crippen LogP contribution < -0.4 is 5.32 Å². The van der Waals surface area contributed by atoms with Crippen molar-refractivity contribution in [1.29, 1.82) is 0 Å². The smallest absolute Gasteiger partial charge is 0.284 e. The van der Waals surface area contributed by atoms with E-state index < -0.39 is 0 Å². The lowest BCUT2D eigenvalue weighted by Crippen LogP contribution is -2.47. The van der Waals surface area contributed by atoms with Gasteiger partial charge in [0.2, 0.25) is 15.4 Å². The van der Waals surface area contributed by atoms with Crippen LogP contribution >= 0.6 is 22.9 Å². The molecule has 0 atom stereocenters. The summed E-state index contributed by atoms with van der Waals surface area (Å²) in [6.07, 6.45) is 1.52. The highest BCUT2D eigenvalue weighted by Crippen LogP contribution is 2.19. The minimum Gasteiger partial charge on any atom is -0.353 e. The third kappa shape index (κ3) is 3.67. The maximum atomic E-state index is 12.1. The summed E-state index contributed by atoms with van der Waals surface area (Å²) in [5, 5.41) is 10.7. The second kappa shape index (κ2) is 6.49. The van der Waals surface area contributed by atoms with Gasteiger partial charge in [-0.25, -0.2) is 0 Å². The first kappa shape index (κ1) is 15.2. The number of hydrogen-bond acceptors (Lipinski definition) is 5. The predicted octanol–water partition coefficient (Wildman–Crippen LogP) is 1.57. The van der Waals surface area contributed by atoms with E-state index in [1.165, 1.54) is 0 Å². The van der Waals surface area contributed by atoms with Gasteiger partial charge in [0.1, 0.15) is 0 Å². The molecule has 1 fully saturated rings. The molecule has 0 spiro atoms. The maximum Gasteiger partial charge on any atom is 0.284 e. The first-order chi connectivity index (χ1) is 9.47. The van der Waals surface area contributed by atoms with Gasteiger partial charge in [-0.05, 0) is 24.4 Å². The molecule has 0 saturated carbocycles. The van der Waals surface area contributed by atoms with Crippen LogP contribution in [-0.2, 0) is 4.79 Å². The number of piperidine rings is 1. The second-order valence-corrected chi connectivity index (χ2v) is 6.65. The highest BCUT2D eigenvalue weighted by Gasteiger charge is 2.26.